The van der Waals surface area contributed by atoms with Gasteiger partial charge < -0.3 is 5.32 Å². The van der Waals surface area contributed by atoms with Gasteiger partial charge in [0.15, 0.2) is 0 Å². The molecule has 16 heavy (non-hydrogen) atoms. The van der Waals surface area contributed by atoms with Crippen LogP contribution < -0.4 is 5.32 Å². The average molecular weight is 235 g/mol. The fourth-order valence-electron chi connectivity index (χ4n) is 2.11. The van der Waals surface area contributed by atoms with Crippen molar-refractivity contribution >= 4 is 11.8 Å². The molecule has 1 saturated heterocycles. The summed E-state index contributed by atoms with van der Waals surface area (Å²) < 4.78 is 0. The van der Waals surface area contributed by atoms with Gasteiger partial charge in [-0.3, -0.25) is 0 Å². The van der Waals surface area contributed by atoms with E-state index in [-0.39, 0.29) is 0 Å². The van der Waals surface area contributed by atoms with Crippen LogP contribution in [0.1, 0.15) is 43.9 Å². The van der Waals surface area contributed by atoms with Gasteiger partial charge in [0.25, 0.3) is 0 Å². The third kappa shape index (κ3) is 2.80. The average Bonchev–Trinajstić information content (AvgIpc) is 2.29. The van der Waals surface area contributed by atoms with Crippen molar-refractivity contribution in [2.24, 2.45) is 0 Å². The molecular formula is C14H21NS. The summed E-state index contributed by atoms with van der Waals surface area (Å²) in [5, 5.41) is 3.66. The number of thioether (sulfide) groups is 1. The lowest BCUT2D eigenvalue weighted by molar-refractivity contribution is 0.502. The van der Waals surface area contributed by atoms with Crippen molar-refractivity contribution in [2.75, 3.05) is 11.5 Å². The molecule has 0 bridgehead atoms. The first-order chi connectivity index (χ1) is 7.66. The Morgan fingerprint density at radius 1 is 1.19 bits per heavy atom. The molecule has 0 aromatic heterocycles. The van der Waals surface area contributed by atoms with Crippen LogP contribution in [0.4, 0.5) is 0 Å². The lowest BCUT2D eigenvalue weighted by atomic mass is 9.99. The van der Waals surface area contributed by atoms with E-state index < -0.39 is 0 Å². The highest BCUT2D eigenvalue weighted by atomic mass is 32.2. The summed E-state index contributed by atoms with van der Waals surface area (Å²) in [7, 11) is 0. The minimum absolute atomic E-state index is 0.537. The van der Waals surface area contributed by atoms with Crippen molar-refractivity contribution in [3.8, 4) is 0 Å². The van der Waals surface area contributed by atoms with Crippen molar-refractivity contribution in [3.63, 3.8) is 0 Å². The fraction of sp³-hybridized carbons (Fsp3) is 0.571. The highest BCUT2D eigenvalue weighted by molar-refractivity contribution is 7.99. The van der Waals surface area contributed by atoms with Gasteiger partial charge in [-0.15, -0.1) is 0 Å². The first-order valence-electron chi connectivity index (χ1n) is 6.10. The normalized spacial score (nSPS) is 26.0. The van der Waals surface area contributed by atoms with E-state index in [1.807, 2.05) is 0 Å². The summed E-state index contributed by atoms with van der Waals surface area (Å²) >= 11 is 2.05. The van der Waals surface area contributed by atoms with Gasteiger partial charge in [-0.2, -0.15) is 11.8 Å². The van der Waals surface area contributed by atoms with Crippen molar-refractivity contribution in [1.29, 1.82) is 0 Å². The van der Waals surface area contributed by atoms with Crippen LogP contribution in [0.2, 0.25) is 0 Å². The van der Waals surface area contributed by atoms with E-state index in [0.717, 1.165) is 0 Å². The van der Waals surface area contributed by atoms with Crippen LogP contribution in [0.5, 0.6) is 0 Å². The molecule has 88 valence electrons. The largest absolute Gasteiger partial charge is 0.306 e. The zero-order valence-corrected chi connectivity index (χ0v) is 11.2. The predicted molar refractivity (Wildman–Crippen MR) is 73.2 cm³/mol. The molecular weight excluding hydrogens is 214 g/mol. The molecule has 2 unspecified atom stereocenters. The van der Waals surface area contributed by atoms with Gasteiger partial charge >= 0.3 is 0 Å². The van der Waals surface area contributed by atoms with Crippen molar-refractivity contribution in [1.82, 2.24) is 5.32 Å². The number of benzene rings is 1. The molecule has 1 aliphatic heterocycles. The summed E-state index contributed by atoms with van der Waals surface area (Å²) in [6.45, 7) is 6.75. The highest BCUT2D eigenvalue weighted by Gasteiger charge is 2.19. The summed E-state index contributed by atoms with van der Waals surface area (Å²) in [4.78, 5) is 0. The molecule has 0 saturated carbocycles. The van der Waals surface area contributed by atoms with Crippen LogP contribution >= 0.6 is 11.8 Å². The molecule has 0 radical (unpaired) electrons. The molecule has 0 aliphatic carbocycles. The first kappa shape index (κ1) is 12.0. The molecule has 1 N–H and O–H groups in total. The van der Waals surface area contributed by atoms with Gasteiger partial charge in [0, 0.05) is 23.6 Å². The number of rotatable bonds is 2. The topological polar surface area (TPSA) is 12.0 Å². The quantitative estimate of drug-likeness (QED) is 0.841. The van der Waals surface area contributed by atoms with E-state index in [0.29, 0.717) is 18.0 Å². The van der Waals surface area contributed by atoms with Crippen LogP contribution in [-0.2, 0) is 0 Å². The van der Waals surface area contributed by atoms with E-state index in [4.69, 9.17) is 0 Å². The smallest absolute Gasteiger partial charge is 0.0414 e. The number of hydrogen-bond donors (Lipinski definition) is 1. The Balaban J connectivity index is 2.09. The molecule has 1 aromatic rings. The molecule has 1 aliphatic rings. The zero-order valence-electron chi connectivity index (χ0n) is 10.4. The molecule has 0 spiro atoms. The van der Waals surface area contributed by atoms with E-state index in [2.05, 4.69) is 62.1 Å². The Bertz CT molecular complexity index is 331. The Morgan fingerprint density at radius 2 is 1.88 bits per heavy atom. The fourth-order valence-corrected chi connectivity index (χ4v) is 3.22. The minimum atomic E-state index is 0.537. The maximum Gasteiger partial charge on any atom is 0.0414 e. The Hall–Kier alpha value is -0.470. The maximum absolute atomic E-state index is 3.66. The Kier molecular flexibility index (Phi) is 3.93. The zero-order chi connectivity index (χ0) is 11.5. The van der Waals surface area contributed by atoms with Crippen LogP contribution in [0.15, 0.2) is 24.3 Å². The molecule has 1 aromatic carbocycles. The molecule has 1 nitrogen and oxygen atoms in total. The van der Waals surface area contributed by atoms with Crippen LogP contribution in [0.3, 0.4) is 0 Å². The summed E-state index contributed by atoms with van der Waals surface area (Å²) in [6.07, 6.45) is 0. The summed E-state index contributed by atoms with van der Waals surface area (Å²) in [5.41, 5.74) is 2.86. The van der Waals surface area contributed by atoms with E-state index in [9.17, 15) is 0 Å². The van der Waals surface area contributed by atoms with Gasteiger partial charge in [0.1, 0.15) is 0 Å². The van der Waals surface area contributed by atoms with Gasteiger partial charge in [-0.05, 0) is 24.0 Å². The molecule has 2 rings (SSSR count). The third-order valence-electron chi connectivity index (χ3n) is 3.14. The molecule has 2 atom stereocenters. The second-order valence-corrected chi connectivity index (χ2v) is 6.05. The number of hydrogen-bond acceptors (Lipinski definition) is 2. The predicted octanol–water partition coefficient (Wildman–Crippen LogP) is 3.58. The van der Waals surface area contributed by atoms with Gasteiger partial charge in [0.05, 0.1) is 0 Å². The molecule has 0 amide bonds. The van der Waals surface area contributed by atoms with Gasteiger partial charge in [0.2, 0.25) is 0 Å². The number of nitrogens with one attached hydrogen (secondary N) is 1. The van der Waals surface area contributed by atoms with E-state index >= 15 is 0 Å². The lowest BCUT2D eigenvalue weighted by Gasteiger charge is -2.29. The molecule has 1 fully saturated rings. The SMILES string of the molecule is CC1CSCC(c2ccc(C(C)C)cc2)N1. The van der Waals surface area contributed by atoms with E-state index in [1.54, 1.807) is 0 Å². The summed E-state index contributed by atoms with van der Waals surface area (Å²) in [5.74, 6) is 3.06. The van der Waals surface area contributed by atoms with Gasteiger partial charge in [-0.25, -0.2) is 0 Å². The van der Waals surface area contributed by atoms with Crippen LogP contribution in [0, 0.1) is 0 Å². The molecule has 1 heterocycles. The summed E-state index contributed by atoms with van der Waals surface area (Å²) in [6, 6.07) is 10.3. The first-order valence-corrected chi connectivity index (χ1v) is 7.26. The second kappa shape index (κ2) is 5.24. The lowest BCUT2D eigenvalue weighted by Crippen LogP contribution is -2.37. The molecule has 2 heteroatoms. The Morgan fingerprint density at radius 3 is 2.44 bits per heavy atom. The van der Waals surface area contributed by atoms with Crippen LogP contribution in [-0.4, -0.2) is 17.5 Å². The second-order valence-electron chi connectivity index (χ2n) is 4.98. The monoisotopic (exact) mass is 235 g/mol. The third-order valence-corrected chi connectivity index (χ3v) is 4.45. The maximum atomic E-state index is 3.66. The Labute approximate surface area is 103 Å². The van der Waals surface area contributed by atoms with Crippen molar-refractivity contribution in [2.45, 2.75) is 38.8 Å². The van der Waals surface area contributed by atoms with Crippen LogP contribution in [0.25, 0.3) is 0 Å². The van der Waals surface area contributed by atoms with Gasteiger partial charge in [-0.1, -0.05) is 38.1 Å². The van der Waals surface area contributed by atoms with E-state index in [1.165, 1.54) is 22.6 Å². The minimum Gasteiger partial charge on any atom is -0.306 e. The van der Waals surface area contributed by atoms with Crippen molar-refractivity contribution in [3.05, 3.63) is 35.4 Å². The highest BCUT2D eigenvalue weighted by Crippen LogP contribution is 2.25. The van der Waals surface area contributed by atoms with Crippen molar-refractivity contribution < 1.29 is 0 Å². The standard InChI is InChI=1S/C14H21NS/c1-10(2)12-4-6-13(7-5-12)14-9-16-8-11(3)15-14/h4-7,10-11,14-15H,8-9H2,1-3H3.